The topological polar surface area (TPSA) is 66.5 Å². The van der Waals surface area contributed by atoms with Gasteiger partial charge in [-0.2, -0.15) is 31.4 Å². The van der Waals surface area contributed by atoms with Crippen molar-refractivity contribution in [3.8, 4) is 28.3 Å². The summed E-state index contributed by atoms with van der Waals surface area (Å²) in [5.41, 5.74) is -3.24. The first-order valence-electron chi connectivity index (χ1n) is 9.47. The van der Waals surface area contributed by atoms with E-state index in [4.69, 9.17) is 13.9 Å². The molecule has 0 saturated carbocycles. The van der Waals surface area contributed by atoms with Crippen LogP contribution in [-0.4, -0.2) is 24.0 Å². The molecule has 0 unspecified atom stereocenters. The van der Waals surface area contributed by atoms with Crippen molar-refractivity contribution in [2.45, 2.75) is 12.4 Å². The van der Waals surface area contributed by atoms with Gasteiger partial charge in [-0.1, -0.05) is 0 Å². The standard InChI is InChI=1S/C22H14F6N2O4/c1-32-15-8-7-14-17(31)16(20(22(26,27)28)34-18(14)19(15)33-2)11-9-29-30(10-11)13-5-3-12(4-6-13)21(23,24)25/h3-10H,1-2H3. The van der Waals surface area contributed by atoms with E-state index < -0.39 is 40.3 Å². The van der Waals surface area contributed by atoms with Crippen LogP contribution in [-0.2, 0) is 12.4 Å². The van der Waals surface area contributed by atoms with Gasteiger partial charge in [-0.05, 0) is 36.4 Å². The number of hydrogen-bond acceptors (Lipinski definition) is 5. The number of nitrogens with zero attached hydrogens (tertiary/aromatic N) is 2. The second-order valence-electron chi connectivity index (χ2n) is 7.03. The van der Waals surface area contributed by atoms with Gasteiger partial charge in [0.15, 0.2) is 11.3 Å². The third kappa shape index (κ3) is 3.95. The van der Waals surface area contributed by atoms with E-state index in [1.165, 1.54) is 26.4 Å². The molecule has 0 radical (unpaired) electrons. The number of methoxy groups -OCH3 is 2. The van der Waals surface area contributed by atoms with Crippen molar-refractivity contribution in [1.29, 1.82) is 0 Å². The molecule has 0 saturated heterocycles. The van der Waals surface area contributed by atoms with Gasteiger partial charge in [0, 0.05) is 11.8 Å². The summed E-state index contributed by atoms with van der Waals surface area (Å²) in [6, 6.07) is 6.41. The van der Waals surface area contributed by atoms with E-state index in [0.717, 1.165) is 41.3 Å². The molecule has 4 rings (SSSR count). The SMILES string of the molecule is COc1ccc2c(=O)c(-c3cnn(-c4ccc(C(F)(F)F)cc4)c3)c(C(F)(F)F)oc2c1OC. The summed E-state index contributed by atoms with van der Waals surface area (Å²) in [5, 5.41) is 3.71. The molecule has 4 aromatic rings. The minimum absolute atomic E-state index is 0.0640. The fraction of sp³-hybridized carbons (Fsp3) is 0.182. The number of hydrogen-bond donors (Lipinski definition) is 0. The Bertz CT molecular complexity index is 1420. The summed E-state index contributed by atoms with van der Waals surface area (Å²) < 4.78 is 96.4. The first-order valence-corrected chi connectivity index (χ1v) is 9.47. The zero-order chi connectivity index (χ0) is 24.8. The quantitative estimate of drug-likeness (QED) is 0.348. The molecule has 0 aliphatic carbocycles. The van der Waals surface area contributed by atoms with Crippen LogP contribution in [0.2, 0.25) is 0 Å². The normalized spacial score (nSPS) is 12.2. The Morgan fingerprint density at radius 2 is 1.59 bits per heavy atom. The molecule has 178 valence electrons. The summed E-state index contributed by atoms with van der Waals surface area (Å²) in [6.07, 6.45) is -7.53. The van der Waals surface area contributed by atoms with Gasteiger partial charge in [0.05, 0.1) is 42.6 Å². The summed E-state index contributed by atoms with van der Waals surface area (Å²) in [5.74, 6) is -1.70. The molecule has 0 spiro atoms. The largest absolute Gasteiger partial charge is 0.493 e. The molecule has 2 heterocycles. The highest BCUT2D eigenvalue weighted by Gasteiger charge is 2.40. The van der Waals surface area contributed by atoms with Crippen LogP contribution in [0, 0.1) is 0 Å². The van der Waals surface area contributed by atoms with Crippen molar-refractivity contribution in [3.05, 3.63) is 70.3 Å². The zero-order valence-electron chi connectivity index (χ0n) is 17.4. The minimum Gasteiger partial charge on any atom is -0.493 e. The van der Waals surface area contributed by atoms with Gasteiger partial charge < -0.3 is 13.9 Å². The van der Waals surface area contributed by atoms with Gasteiger partial charge in [-0.3, -0.25) is 4.79 Å². The molecule has 0 fully saturated rings. The van der Waals surface area contributed by atoms with Crippen molar-refractivity contribution in [2.24, 2.45) is 0 Å². The van der Waals surface area contributed by atoms with Gasteiger partial charge in [-0.25, -0.2) is 4.68 Å². The lowest BCUT2D eigenvalue weighted by Crippen LogP contribution is -2.16. The molecule has 0 bridgehead atoms. The van der Waals surface area contributed by atoms with Crippen LogP contribution in [0.3, 0.4) is 0 Å². The van der Waals surface area contributed by atoms with Crippen LogP contribution in [0.25, 0.3) is 27.8 Å². The molecule has 2 aromatic carbocycles. The van der Waals surface area contributed by atoms with Crippen LogP contribution < -0.4 is 14.9 Å². The van der Waals surface area contributed by atoms with Gasteiger partial charge in [0.1, 0.15) is 0 Å². The molecular weight excluding hydrogens is 470 g/mol. The van der Waals surface area contributed by atoms with Crippen LogP contribution >= 0.6 is 0 Å². The Hall–Kier alpha value is -3.96. The lowest BCUT2D eigenvalue weighted by molar-refractivity contribution is -0.152. The summed E-state index contributed by atoms with van der Waals surface area (Å²) in [7, 11) is 2.46. The number of alkyl halides is 6. The van der Waals surface area contributed by atoms with E-state index >= 15 is 0 Å². The van der Waals surface area contributed by atoms with E-state index in [2.05, 4.69) is 5.10 Å². The molecular formula is C22H14F6N2O4. The molecule has 0 atom stereocenters. The average molecular weight is 484 g/mol. The highest BCUT2D eigenvalue weighted by Crippen LogP contribution is 2.41. The summed E-state index contributed by atoms with van der Waals surface area (Å²) >= 11 is 0. The number of fused-ring (bicyclic) bond motifs is 1. The molecule has 34 heavy (non-hydrogen) atoms. The van der Waals surface area contributed by atoms with Crippen LogP contribution in [0.15, 0.2) is 58.0 Å². The summed E-state index contributed by atoms with van der Waals surface area (Å²) in [6.45, 7) is 0. The van der Waals surface area contributed by atoms with Crippen molar-refractivity contribution in [3.63, 3.8) is 0 Å². The van der Waals surface area contributed by atoms with Crippen molar-refractivity contribution < 1.29 is 40.2 Å². The molecule has 6 nitrogen and oxygen atoms in total. The maximum absolute atomic E-state index is 13.9. The third-order valence-electron chi connectivity index (χ3n) is 4.99. The molecule has 12 heteroatoms. The van der Waals surface area contributed by atoms with Crippen LogP contribution in [0.4, 0.5) is 26.3 Å². The van der Waals surface area contributed by atoms with E-state index in [-0.39, 0.29) is 28.1 Å². The number of ether oxygens (including phenoxy) is 2. The number of aromatic nitrogens is 2. The Labute approximate surface area is 186 Å². The second-order valence-corrected chi connectivity index (χ2v) is 7.03. The van der Waals surface area contributed by atoms with Crippen LogP contribution in [0.1, 0.15) is 11.3 Å². The number of halogens is 6. The number of rotatable bonds is 4. The average Bonchev–Trinajstić information content (AvgIpc) is 3.26. The molecule has 0 aliphatic heterocycles. The lowest BCUT2D eigenvalue weighted by atomic mass is 10.0. The zero-order valence-corrected chi connectivity index (χ0v) is 17.4. The van der Waals surface area contributed by atoms with E-state index in [1.54, 1.807) is 0 Å². The highest BCUT2D eigenvalue weighted by molar-refractivity contribution is 5.89. The Balaban J connectivity index is 1.91. The number of benzene rings is 2. The minimum atomic E-state index is -5.06. The predicted molar refractivity (Wildman–Crippen MR) is 108 cm³/mol. The fourth-order valence-corrected chi connectivity index (χ4v) is 3.43. The van der Waals surface area contributed by atoms with Crippen molar-refractivity contribution in [1.82, 2.24) is 9.78 Å². The smallest absolute Gasteiger partial charge is 0.450 e. The molecule has 2 aromatic heterocycles. The second kappa shape index (κ2) is 8.12. The van der Waals surface area contributed by atoms with Gasteiger partial charge >= 0.3 is 12.4 Å². The predicted octanol–water partition coefficient (Wildman–Crippen LogP) is 5.70. The molecule has 0 N–H and O–H groups in total. The maximum atomic E-state index is 13.9. The van der Waals surface area contributed by atoms with Gasteiger partial charge in [-0.15, -0.1) is 0 Å². The molecule has 0 amide bonds. The maximum Gasteiger partial charge on any atom is 0.450 e. The fourth-order valence-electron chi connectivity index (χ4n) is 3.43. The Kier molecular flexibility index (Phi) is 5.54. The first-order chi connectivity index (χ1) is 16.0. The molecule has 0 aliphatic rings. The van der Waals surface area contributed by atoms with Crippen molar-refractivity contribution >= 4 is 11.0 Å². The highest BCUT2D eigenvalue weighted by atomic mass is 19.4. The van der Waals surface area contributed by atoms with E-state index in [0.29, 0.717) is 0 Å². The van der Waals surface area contributed by atoms with Gasteiger partial charge in [0.2, 0.25) is 16.9 Å². The van der Waals surface area contributed by atoms with E-state index in [1.807, 2.05) is 0 Å². The van der Waals surface area contributed by atoms with Crippen LogP contribution in [0.5, 0.6) is 11.5 Å². The van der Waals surface area contributed by atoms with Crippen molar-refractivity contribution in [2.75, 3.05) is 14.2 Å². The van der Waals surface area contributed by atoms with Gasteiger partial charge in [0.25, 0.3) is 0 Å². The Morgan fingerprint density at radius 3 is 2.15 bits per heavy atom. The monoisotopic (exact) mass is 484 g/mol. The van der Waals surface area contributed by atoms with E-state index in [9.17, 15) is 31.1 Å². The Morgan fingerprint density at radius 1 is 0.912 bits per heavy atom. The first kappa shape index (κ1) is 23.2. The lowest BCUT2D eigenvalue weighted by Gasteiger charge is -2.14. The third-order valence-corrected chi connectivity index (χ3v) is 4.99. The summed E-state index contributed by atoms with van der Waals surface area (Å²) in [4.78, 5) is 13.1.